The van der Waals surface area contributed by atoms with Gasteiger partial charge in [0, 0.05) is 17.0 Å². The van der Waals surface area contributed by atoms with Crippen molar-refractivity contribution in [1.82, 2.24) is 10.3 Å². The highest BCUT2D eigenvalue weighted by Crippen LogP contribution is 2.28. The standard InChI is InChI=1S/C19H24N2OS2/c22-18(20-16-11-7-2-1-3-8-12-16)14-24-19-21-17(13-23-19)15-9-5-4-6-10-15/h4-6,9-10,13,16H,1-3,7-8,11-12,14H2,(H,20,22). The lowest BCUT2D eigenvalue weighted by Gasteiger charge is -2.20. The quantitative estimate of drug-likeness (QED) is 0.752. The molecule has 1 N–H and O–H groups in total. The second-order valence-electron chi connectivity index (χ2n) is 6.26. The van der Waals surface area contributed by atoms with Crippen LogP contribution in [0.25, 0.3) is 11.3 Å². The highest BCUT2D eigenvalue weighted by atomic mass is 32.2. The van der Waals surface area contributed by atoms with Crippen molar-refractivity contribution in [3.05, 3.63) is 35.7 Å². The lowest BCUT2D eigenvalue weighted by atomic mass is 9.97. The summed E-state index contributed by atoms with van der Waals surface area (Å²) in [5, 5.41) is 5.27. The zero-order chi connectivity index (χ0) is 16.6. The third-order valence-electron chi connectivity index (χ3n) is 4.35. The molecule has 5 heteroatoms. The van der Waals surface area contributed by atoms with Crippen LogP contribution in [-0.4, -0.2) is 22.7 Å². The largest absolute Gasteiger partial charge is 0.353 e. The smallest absolute Gasteiger partial charge is 0.230 e. The maximum Gasteiger partial charge on any atom is 0.230 e. The van der Waals surface area contributed by atoms with E-state index in [0.29, 0.717) is 11.8 Å². The van der Waals surface area contributed by atoms with Crippen molar-refractivity contribution in [2.75, 3.05) is 5.75 Å². The highest BCUT2D eigenvalue weighted by molar-refractivity contribution is 8.01. The number of benzene rings is 1. The SMILES string of the molecule is O=C(CSc1nc(-c2ccccc2)cs1)NC1CCCCCCC1. The molecule has 1 aliphatic rings. The van der Waals surface area contributed by atoms with Crippen molar-refractivity contribution in [3.63, 3.8) is 0 Å². The van der Waals surface area contributed by atoms with Crippen molar-refractivity contribution >= 4 is 29.0 Å². The third-order valence-corrected chi connectivity index (χ3v) is 6.37. The van der Waals surface area contributed by atoms with Crippen LogP contribution in [0.2, 0.25) is 0 Å². The molecule has 24 heavy (non-hydrogen) atoms. The molecule has 0 spiro atoms. The molecule has 0 unspecified atom stereocenters. The first-order valence-corrected chi connectivity index (χ1v) is 10.6. The minimum atomic E-state index is 0.141. The number of carbonyl (C=O) groups is 1. The zero-order valence-electron chi connectivity index (χ0n) is 13.9. The van der Waals surface area contributed by atoms with Crippen LogP contribution in [0.15, 0.2) is 40.1 Å². The first-order valence-electron chi connectivity index (χ1n) is 8.74. The Kier molecular flexibility index (Phi) is 6.73. The molecule has 0 bridgehead atoms. The monoisotopic (exact) mass is 360 g/mol. The maximum atomic E-state index is 12.2. The van der Waals surface area contributed by atoms with Crippen molar-refractivity contribution in [2.24, 2.45) is 0 Å². The van der Waals surface area contributed by atoms with E-state index < -0.39 is 0 Å². The van der Waals surface area contributed by atoms with Crippen LogP contribution < -0.4 is 5.32 Å². The van der Waals surface area contributed by atoms with Crippen LogP contribution in [0.1, 0.15) is 44.9 Å². The molecule has 0 atom stereocenters. The molecule has 1 aromatic heterocycles. The molecule has 0 radical (unpaired) electrons. The first-order chi connectivity index (χ1) is 11.8. The van der Waals surface area contributed by atoms with Gasteiger partial charge in [-0.1, -0.05) is 74.2 Å². The Labute approximate surface area is 152 Å². The summed E-state index contributed by atoms with van der Waals surface area (Å²) < 4.78 is 0.960. The Balaban J connectivity index is 1.47. The van der Waals surface area contributed by atoms with Gasteiger partial charge >= 0.3 is 0 Å². The second-order valence-corrected chi connectivity index (χ2v) is 8.34. The molecule has 0 saturated heterocycles. The molecule has 1 heterocycles. The van der Waals surface area contributed by atoms with Crippen LogP contribution in [0, 0.1) is 0 Å². The van der Waals surface area contributed by atoms with Crippen LogP contribution in [0.3, 0.4) is 0 Å². The topological polar surface area (TPSA) is 42.0 Å². The molecule has 1 aromatic carbocycles. The van der Waals surface area contributed by atoms with Crippen LogP contribution in [-0.2, 0) is 4.79 Å². The maximum absolute atomic E-state index is 12.2. The van der Waals surface area contributed by atoms with E-state index in [4.69, 9.17) is 0 Å². The van der Waals surface area contributed by atoms with E-state index in [9.17, 15) is 4.79 Å². The van der Waals surface area contributed by atoms with Crippen LogP contribution in [0.4, 0.5) is 0 Å². The third kappa shape index (κ3) is 5.35. The van der Waals surface area contributed by atoms with Gasteiger partial charge in [-0.05, 0) is 12.8 Å². The van der Waals surface area contributed by atoms with E-state index in [1.807, 2.05) is 18.2 Å². The number of thiazole rings is 1. The second kappa shape index (κ2) is 9.23. The first kappa shape index (κ1) is 17.5. The molecular formula is C19H24N2OS2. The molecule has 2 aromatic rings. The lowest BCUT2D eigenvalue weighted by molar-refractivity contribution is -0.119. The summed E-state index contributed by atoms with van der Waals surface area (Å²) in [4.78, 5) is 16.8. The van der Waals surface area contributed by atoms with Gasteiger partial charge in [-0.2, -0.15) is 0 Å². The minimum Gasteiger partial charge on any atom is -0.353 e. The minimum absolute atomic E-state index is 0.141. The average molecular weight is 361 g/mol. The van der Waals surface area contributed by atoms with Crippen molar-refractivity contribution in [2.45, 2.75) is 55.3 Å². The Hall–Kier alpha value is -1.33. The van der Waals surface area contributed by atoms with Crippen LogP contribution in [0.5, 0.6) is 0 Å². The van der Waals surface area contributed by atoms with E-state index in [-0.39, 0.29) is 5.91 Å². The fourth-order valence-corrected chi connectivity index (χ4v) is 4.71. The fourth-order valence-electron chi connectivity index (χ4n) is 3.06. The summed E-state index contributed by atoms with van der Waals surface area (Å²) in [6, 6.07) is 10.5. The van der Waals surface area contributed by atoms with Gasteiger partial charge in [-0.15, -0.1) is 11.3 Å². The average Bonchev–Trinajstić information content (AvgIpc) is 3.05. The zero-order valence-corrected chi connectivity index (χ0v) is 15.5. The Morgan fingerprint density at radius 2 is 1.83 bits per heavy atom. The number of hydrogen-bond donors (Lipinski definition) is 1. The lowest BCUT2D eigenvalue weighted by Crippen LogP contribution is -2.36. The van der Waals surface area contributed by atoms with Crippen molar-refractivity contribution < 1.29 is 4.79 Å². The van der Waals surface area contributed by atoms with Gasteiger partial charge in [-0.25, -0.2) is 4.98 Å². The summed E-state index contributed by atoms with van der Waals surface area (Å²) in [7, 11) is 0. The van der Waals surface area contributed by atoms with Gasteiger partial charge < -0.3 is 5.32 Å². The highest BCUT2D eigenvalue weighted by Gasteiger charge is 2.14. The van der Waals surface area contributed by atoms with Crippen molar-refractivity contribution in [3.8, 4) is 11.3 Å². The Bertz CT molecular complexity index is 634. The number of aromatic nitrogens is 1. The van der Waals surface area contributed by atoms with E-state index in [2.05, 4.69) is 27.8 Å². The number of hydrogen-bond acceptors (Lipinski definition) is 4. The summed E-state index contributed by atoms with van der Waals surface area (Å²) >= 11 is 3.15. The van der Waals surface area contributed by atoms with E-state index in [1.54, 1.807) is 11.3 Å². The van der Waals surface area contributed by atoms with Crippen molar-refractivity contribution in [1.29, 1.82) is 0 Å². The molecule has 1 amide bonds. The molecule has 128 valence electrons. The molecular weight excluding hydrogens is 336 g/mol. The van der Waals surface area contributed by atoms with Gasteiger partial charge in [-0.3, -0.25) is 4.79 Å². The summed E-state index contributed by atoms with van der Waals surface area (Å²) in [5.41, 5.74) is 2.11. The van der Waals surface area contributed by atoms with E-state index >= 15 is 0 Å². The Morgan fingerprint density at radius 3 is 2.58 bits per heavy atom. The van der Waals surface area contributed by atoms with E-state index in [1.165, 1.54) is 43.9 Å². The number of nitrogens with zero attached hydrogens (tertiary/aromatic N) is 1. The molecule has 0 aliphatic heterocycles. The number of rotatable bonds is 5. The number of thioether (sulfide) groups is 1. The van der Waals surface area contributed by atoms with Gasteiger partial charge in [0.25, 0.3) is 0 Å². The molecule has 1 aliphatic carbocycles. The summed E-state index contributed by atoms with van der Waals surface area (Å²) in [6.07, 6.45) is 8.71. The van der Waals surface area contributed by atoms with E-state index in [0.717, 1.165) is 28.4 Å². The molecule has 3 nitrogen and oxygen atoms in total. The normalized spacial score (nSPS) is 16.3. The predicted octanol–water partition coefficient (Wildman–Crippen LogP) is 5.13. The molecule has 1 saturated carbocycles. The van der Waals surface area contributed by atoms with Gasteiger partial charge in [0.05, 0.1) is 11.4 Å². The van der Waals surface area contributed by atoms with Gasteiger partial charge in [0.15, 0.2) is 4.34 Å². The summed E-state index contributed by atoms with van der Waals surface area (Å²) in [6.45, 7) is 0. The number of carbonyl (C=O) groups excluding carboxylic acids is 1. The van der Waals surface area contributed by atoms with Crippen LogP contribution >= 0.6 is 23.1 Å². The molecule has 3 rings (SSSR count). The Morgan fingerprint density at radius 1 is 1.12 bits per heavy atom. The van der Waals surface area contributed by atoms with Gasteiger partial charge in [0.1, 0.15) is 0 Å². The fraction of sp³-hybridized carbons (Fsp3) is 0.474. The predicted molar refractivity (Wildman–Crippen MR) is 103 cm³/mol. The number of nitrogens with one attached hydrogen (secondary N) is 1. The van der Waals surface area contributed by atoms with Gasteiger partial charge in [0.2, 0.25) is 5.91 Å². The number of amides is 1. The molecule has 1 fully saturated rings. The summed E-state index contributed by atoms with van der Waals surface area (Å²) in [5.74, 6) is 0.597.